The van der Waals surface area contributed by atoms with E-state index in [1.807, 2.05) is 62.6 Å². The minimum absolute atomic E-state index is 0.00613. The van der Waals surface area contributed by atoms with Crippen LogP contribution in [0.1, 0.15) is 17.3 Å². The summed E-state index contributed by atoms with van der Waals surface area (Å²) in [6, 6.07) is 17.4. The highest BCUT2D eigenvalue weighted by molar-refractivity contribution is 5.58. The van der Waals surface area contributed by atoms with Crippen molar-refractivity contribution in [2.45, 2.75) is 6.04 Å². The van der Waals surface area contributed by atoms with Crippen molar-refractivity contribution in [3.63, 3.8) is 0 Å². The number of rotatable bonds is 8. The molecule has 29 heavy (non-hydrogen) atoms. The lowest BCUT2D eigenvalue weighted by Gasteiger charge is -2.25. The highest BCUT2D eigenvalue weighted by Gasteiger charge is 2.20. The van der Waals surface area contributed by atoms with Gasteiger partial charge in [0.25, 0.3) is 0 Å². The third kappa shape index (κ3) is 4.50. The van der Waals surface area contributed by atoms with Gasteiger partial charge >= 0.3 is 0 Å². The predicted molar refractivity (Wildman–Crippen MR) is 111 cm³/mol. The number of anilines is 1. The van der Waals surface area contributed by atoms with Crippen LogP contribution >= 0.6 is 0 Å². The molecule has 7 nitrogen and oxygen atoms in total. The van der Waals surface area contributed by atoms with E-state index < -0.39 is 0 Å². The summed E-state index contributed by atoms with van der Waals surface area (Å²) in [6.45, 7) is 0.514. The number of benzene rings is 2. The van der Waals surface area contributed by atoms with Gasteiger partial charge in [0.2, 0.25) is 17.5 Å². The van der Waals surface area contributed by atoms with Crippen LogP contribution in [0.5, 0.6) is 11.5 Å². The number of methoxy groups -OCH3 is 2. The van der Waals surface area contributed by atoms with Crippen molar-refractivity contribution in [1.82, 2.24) is 9.88 Å². The van der Waals surface area contributed by atoms with Gasteiger partial charge in [-0.25, -0.2) is 0 Å². The third-order valence-electron chi connectivity index (χ3n) is 4.63. The Morgan fingerprint density at radius 2 is 1.83 bits per heavy atom. The van der Waals surface area contributed by atoms with E-state index in [0.29, 0.717) is 29.8 Å². The Kier molecular flexibility index (Phi) is 6.37. The SMILES string of the molecule is COc1ccc(C(CNc2oc(-c3ccccc3)nc2C#N)N(C)C)cc1OC. The molecule has 1 aromatic heterocycles. The van der Waals surface area contributed by atoms with Gasteiger partial charge < -0.3 is 24.1 Å². The molecule has 0 radical (unpaired) electrons. The van der Waals surface area contributed by atoms with E-state index in [4.69, 9.17) is 13.9 Å². The molecule has 3 rings (SSSR count). The molecule has 1 heterocycles. The van der Waals surface area contributed by atoms with Gasteiger partial charge in [0.1, 0.15) is 6.07 Å². The molecule has 0 saturated heterocycles. The maximum absolute atomic E-state index is 9.44. The van der Waals surface area contributed by atoms with Gasteiger partial charge in [0, 0.05) is 12.1 Å². The van der Waals surface area contributed by atoms with E-state index >= 15 is 0 Å². The molecule has 150 valence electrons. The zero-order chi connectivity index (χ0) is 20.8. The van der Waals surface area contributed by atoms with Gasteiger partial charge in [0.05, 0.1) is 20.3 Å². The number of nitriles is 1. The Hall–Kier alpha value is -3.50. The van der Waals surface area contributed by atoms with Crippen LogP contribution in [0.25, 0.3) is 11.5 Å². The summed E-state index contributed by atoms with van der Waals surface area (Å²) >= 11 is 0. The van der Waals surface area contributed by atoms with Crippen LogP contribution in [0.4, 0.5) is 5.88 Å². The number of likely N-dealkylation sites (N-methyl/N-ethyl adjacent to an activating group) is 1. The summed E-state index contributed by atoms with van der Waals surface area (Å²) < 4.78 is 16.6. The van der Waals surface area contributed by atoms with E-state index in [1.165, 1.54) is 0 Å². The van der Waals surface area contributed by atoms with Gasteiger partial charge in [-0.3, -0.25) is 0 Å². The first-order valence-corrected chi connectivity index (χ1v) is 9.16. The number of hydrogen-bond donors (Lipinski definition) is 1. The molecule has 0 spiro atoms. The van der Waals surface area contributed by atoms with Gasteiger partial charge in [-0.05, 0) is 43.9 Å². The molecule has 0 aliphatic heterocycles. The fraction of sp³-hybridized carbons (Fsp3) is 0.273. The highest BCUT2D eigenvalue weighted by Crippen LogP contribution is 2.32. The minimum atomic E-state index is 0.00613. The lowest BCUT2D eigenvalue weighted by molar-refractivity contribution is 0.307. The van der Waals surface area contributed by atoms with Crippen molar-refractivity contribution in [1.29, 1.82) is 5.26 Å². The molecule has 0 aliphatic carbocycles. The van der Waals surface area contributed by atoms with Crippen molar-refractivity contribution in [3.8, 4) is 29.0 Å². The summed E-state index contributed by atoms with van der Waals surface area (Å²) in [7, 11) is 7.21. The fourth-order valence-corrected chi connectivity index (χ4v) is 3.07. The topological polar surface area (TPSA) is 83.5 Å². The summed E-state index contributed by atoms with van der Waals surface area (Å²) in [4.78, 5) is 6.38. The van der Waals surface area contributed by atoms with E-state index in [9.17, 15) is 5.26 Å². The normalized spacial score (nSPS) is 11.7. The monoisotopic (exact) mass is 392 g/mol. The van der Waals surface area contributed by atoms with Crippen molar-refractivity contribution < 1.29 is 13.9 Å². The number of nitrogens with zero attached hydrogens (tertiary/aromatic N) is 3. The summed E-state index contributed by atoms with van der Waals surface area (Å²) in [6.07, 6.45) is 0. The van der Waals surface area contributed by atoms with Gasteiger partial charge in [-0.2, -0.15) is 10.2 Å². The van der Waals surface area contributed by atoms with Crippen molar-refractivity contribution >= 4 is 5.88 Å². The second-order valence-corrected chi connectivity index (χ2v) is 6.65. The third-order valence-corrected chi connectivity index (χ3v) is 4.63. The lowest BCUT2D eigenvalue weighted by atomic mass is 10.1. The maximum atomic E-state index is 9.44. The molecular formula is C22H24N4O3. The standard InChI is InChI=1S/C22H24N4O3/c1-26(2)18(16-10-11-19(27-3)20(12-16)28-4)14-24-22-17(13-23)25-21(29-22)15-8-6-5-7-9-15/h5-12,18,24H,14H2,1-4H3. The van der Waals surface area contributed by atoms with Crippen LogP contribution in [0.15, 0.2) is 52.9 Å². The lowest BCUT2D eigenvalue weighted by Crippen LogP contribution is -2.27. The maximum Gasteiger partial charge on any atom is 0.232 e. The second kappa shape index (κ2) is 9.13. The van der Waals surface area contributed by atoms with E-state index in [-0.39, 0.29) is 11.7 Å². The van der Waals surface area contributed by atoms with E-state index in [1.54, 1.807) is 14.2 Å². The quantitative estimate of drug-likeness (QED) is 0.621. The van der Waals surface area contributed by atoms with Crippen molar-refractivity contribution in [2.24, 2.45) is 0 Å². The molecule has 0 fully saturated rings. The van der Waals surface area contributed by atoms with Crippen LogP contribution < -0.4 is 14.8 Å². The first-order chi connectivity index (χ1) is 14.1. The highest BCUT2D eigenvalue weighted by atomic mass is 16.5. The van der Waals surface area contributed by atoms with Gasteiger partial charge in [0.15, 0.2) is 11.5 Å². The van der Waals surface area contributed by atoms with Crippen LogP contribution in [-0.2, 0) is 0 Å². The zero-order valence-electron chi connectivity index (χ0n) is 17.0. The van der Waals surface area contributed by atoms with Crippen LogP contribution in [-0.4, -0.2) is 44.7 Å². The molecule has 2 aromatic carbocycles. The molecule has 0 saturated carbocycles. The van der Waals surface area contributed by atoms with Gasteiger partial charge in [-0.1, -0.05) is 24.3 Å². The average molecular weight is 392 g/mol. The van der Waals surface area contributed by atoms with E-state index in [0.717, 1.165) is 11.1 Å². The number of ether oxygens (including phenoxy) is 2. The van der Waals surface area contributed by atoms with Crippen molar-refractivity contribution in [3.05, 3.63) is 59.8 Å². The Morgan fingerprint density at radius 3 is 2.45 bits per heavy atom. The number of aromatic nitrogens is 1. The van der Waals surface area contributed by atoms with Crippen molar-refractivity contribution in [2.75, 3.05) is 40.2 Å². The molecule has 0 bridgehead atoms. The summed E-state index contributed by atoms with van der Waals surface area (Å²) in [5.41, 5.74) is 2.09. The molecule has 1 N–H and O–H groups in total. The Morgan fingerprint density at radius 1 is 1.10 bits per heavy atom. The minimum Gasteiger partial charge on any atom is -0.493 e. The first kappa shape index (κ1) is 20.2. The summed E-state index contributed by atoms with van der Waals surface area (Å²) in [5.74, 6) is 2.12. The Bertz CT molecular complexity index is 993. The van der Waals surface area contributed by atoms with Crippen LogP contribution in [0, 0.1) is 11.3 Å². The Balaban J connectivity index is 1.83. The molecule has 1 unspecified atom stereocenters. The first-order valence-electron chi connectivity index (χ1n) is 9.16. The van der Waals surface area contributed by atoms with Crippen LogP contribution in [0.2, 0.25) is 0 Å². The second-order valence-electron chi connectivity index (χ2n) is 6.65. The Labute approximate surface area is 170 Å². The molecule has 7 heteroatoms. The van der Waals surface area contributed by atoms with E-state index in [2.05, 4.69) is 21.3 Å². The molecule has 1 atom stereocenters. The number of nitrogens with one attached hydrogen (secondary N) is 1. The largest absolute Gasteiger partial charge is 0.493 e. The summed E-state index contributed by atoms with van der Waals surface area (Å²) in [5, 5.41) is 12.7. The van der Waals surface area contributed by atoms with Crippen LogP contribution in [0.3, 0.4) is 0 Å². The van der Waals surface area contributed by atoms with Gasteiger partial charge in [-0.15, -0.1) is 0 Å². The molecule has 0 aliphatic rings. The number of oxazole rings is 1. The fourth-order valence-electron chi connectivity index (χ4n) is 3.07. The molecular weight excluding hydrogens is 368 g/mol. The number of hydrogen-bond acceptors (Lipinski definition) is 7. The predicted octanol–water partition coefficient (Wildman–Crippen LogP) is 3.95. The smallest absolute Gasteiger partial charge is 0.232 e. The molecule has 3 aromatic rings. The molecule has 0 amide bonds. The zero-order valence-corrected chi connectivity index (χ0v) is 17.0. The average Bonchev–Trinajstić information content (AvgIpc) is 3.17.